The number of hydrogen-bond donors (Lipinski definition) is 0. The van der Waals surface area contributed by atoms with E-state index in [9.17, 15) is 0 Å². The summed E-state index contributed by atoms with van der Waals surface area (Å²) in [6, 6.07) is 14.7. The van der Waals surface area contributed by atoms with Gasteiger partial charge < -0.3 is 7.43 Å². The molecule has 1 aromatic carbocycles. The van der Waals surface area contributed by atoms with Gasteiger partial charge >= 0.3 is 33.5 Å². The van der Waals surface area contributed by atoms with Crippen molar-refractivity contribution in [3.05, 3.63) is 67.8 Å². The first kappa shape index (κ1) is 23.3. The van der Waals surface area contributed by atoms with Crippen LogP contribution in [0.1, 0.15) is 51.5 Å². The Morgan fingerprint density at radius 3 is 2.15 bits per heavy atom. The van der Waals surface area contributed by atoms with Crippen molar-refractivity contribution in [1.82, 2.24) is 4.68 Å². The van der Waals surface area contributed by atoms with E-state index in [1.165, 1.54) is 37.0 Å². The second kappa shape index (κ2) is 11.9. The van der Waals surface area contributed by atoms with Crippen LogP contribution < -0.4 is 0 Å². The van der Waals surface area contributed by atoms with Gasteiger partial charge in [-0.15, -0.1) is 0 Å². The van der Waals surface area contributed by atoms with E-state index in [-0.39, 0.29) is 20.8 Å². The molecule has 1 fully saturated rings. The van der Waals surface area contributed by atoms with E-state index >= 15 is 0 Å². The molecule has 2 aromatic rings. The van der Waals surface area contributed by atoms with Gasteiger partial charge in [-0.05, 0) is 48.3 Å². The van der Waals surface area contributed by atoms with E-state index in [1.807, 2.05) is 29.2 Å². The number of aromatic nitrogens is 1. The molecule has 143 valence electrons. The van der Waals surface area contributed by atoms with Crippen molar-refractivity contribution < 1.29 is 13.4 Å². The van der Waals surface area contributed by atoms with Crippen molar-refractivity contribution >= 4 is 25.8 Å². The van der Waals surface area contributed by atoms with Crippen molar-refractivity contribution in [2.75, 3.05) is 0 Å². The van der Waals surface area contributed by atoms with Crippen LogP contribution in [0.4, 0.5) is 0 Å². The molecule has 1 saturated carbocycles. The minimum atomic E-state index is -0.181. The molecular weight excluding hydrogens is 403 g/mol. The summed E-state index contributed by atoms with van der Waals surface area (Å²) in [5.74, 6) is 0.825. The van der Waals surface area contributed by atoms with Crippen molar-refractivity contribution in [3.8, 4) is 0 Å². The molecule has 0 unspecified atom stereocenters. The van der Waals surface area contributed by atoms with Crippen molar-refractivity contribution in [2.45, 2.75) is 46.0 Å². The van der Waals surface area contributed by atoms with Gasteiger partial charge in [0.05, 0.1) is 5.71 Å². The first-order valence-corrected chi connectivity index (χ1v) is 12.2. The van der Waals surface area contributed by atoms with Crippen LogP contribution >= 0.6 is 20.1 Å². The van der Waals surface area contributed by atoms with Gasteiger partial charge in [0.25, 0.3) is 0 Å². The van der Waals surface area contributed by atoms with E-state index in [4.69, 9.17) is 25.2 Å². The first-order valence-electron chi connectivity index (χ1n) is 8.72. The van der Waals surface area contributed by atoms with Gasteiger partial charge in [-0.25, -0.2) is 4.68 Å². The SMILES string of the molecule is CC(C)(C/C(=N/n1cccc1)c1ccccc1)C1CCCC1.[CH3-].[Cl][Cr+][Cl]. The predicted molar refractivity (Wildman–Crippen MR) is 111 cm³/mol. The fourth-order valence-corrected chi connectivity index (χ4v) is 3.64. The predicted octanol–water partition coefficient (Wildman–Crippen LogP) is 7.17. The molecule has 0 amide bonds. The molecule has 0 spiro atoms. The number of nitrogens with zero attached hydrogens (tertiary/aromatic N) is 2. The van der Waals surface area contributed by atoms with Gasteiger partial charge in [0.1, 0.15) is 0 Å². The van der Waals surface area contributed by atoms with Crippen molar-refractivity contribution in [1.29, 1.82) is 0 Å². The zero-order valence-corrected chi connectivity index (χ0v) is 18.7. The van der Waals surface area contributed by atoms with Crippen LogP contribution in [0, 0.1) is 18.8 Å². The third kappa shape index (κ3) is 7.12. The van der Waals surface area contributed by atoms with Gasteiger partial charge in [0, 0.05) is 12.4 Å². The third-order valence-corrected chi connectivity index (χ3v) is 5.02. The van der Waals surface area contributed by atoms with E-state index in [2.05, 4.69) is 44.2 Å². The Labute approximate surface area is 173 Å². The Kier molecular flexibility index (Phi) is 10.7. The molecule has 0 bridgehead atoms. The summed E-state index contributed by atoms with van der Waals surface area (Å²) in [4.78, 5) is 0. The van der Waals surface area contributed by atoms with E-state index in [0.717, 1.165) is 12.3 Å². The number of halogens is 2. The average Bonchev–Trinajstić information content (AvgIpc) is 3.30. The molecular formula is C21H29Cl2CrN2. The summed E-state index contributed by atoms with van der Waals surface area (Å²) in [7, 11) is 9.65. The molecule has 1 heterocycles. The third-order valence-electron chi connectivity index (χ3n) is 5.02. The molecule has 1 aliphatic carbocycles. The summed E-state index contributed by atoms with van der Waals surface area (Å²) >= 11 is -0.181. The molecule has 1 aromatic heterocycles. The number of hydrogen-bond acceptors (Lipinski definition) is 1. The molecule has 0 aliphatic heterocycles. The average molecular weight is 432 g/mol. The Bertz CT molecular complexity index is 633. The standard InChI is InChI=1S/C20H26N2.CH3.2ClH.Cr/c1-20(2,18-12-6-7-13-18)16-19(17-10-4-3-5-11-17)21-22-14-8-9-15-22;;;;/h3-5,8-11,14-15,18H,6-7,12-13,16H2,1-2H3;1H3;2*1H;/q;-1;;;+3/p-2/b21-19-;;;;. The van der Waals surface area contributed by atoms with Crippen LogP contribution in [0.5, 0.6) is 0 Å². The summed E-state index contributed by atoms with van der Waals surface area (Å²) in [5, 5.41) is 4.88. The normalized spacial score (nSPS) is 15.0. The summed E-state index contributed by atoms with van der Waals surface area (Å²) in [6.45, 7) is 4.83. The van der Waals surface area contributed by atoms with Crippen LogP contribution in [0.3, 0.4) is 0 Å². The monoisotopic (exact) mass is 431 g/mol. The van der Waals surface area contributed by atoms with Crippen LogP contribution in [-0.2, 0) is 13.4 Å². The summed E-state index contributed by atoms with van der Waals surface area (Å²) in [6.07, 6.45) is 10.6. The fourth-order valence-electron chi connectivity index (χ4n) is 3.64. The molecule has 0 atom stereocenters. The molecule has 1 aliphatic rings. The Balaban J connectivity index is 0.000000791. The van der Waals surface area contributed by atoms with Gasteiger partial charge in [0.15, 0.2) is 0 Å². The maximum absolute atomic E-state index is 4.88. The molecule has 26 heavy (non-hydrogen) atoms. The zero-order valence-electron chi connectivity index (χ0n) is 15.9. The second-order valence-corrected chi connectivity index (χ2v) is 9.29. The first-order chi connectivity index (χ1) is 12.1. The van der Waals surface area contributed by atoms with E-state index < -0.39 is 0 Å². The quantitative estimate of drug-likeness (QED) is 0.352. The van der Waals surface area contributed by atoms with Crippen LogP contribution in [-0.4, -0.2) is 10.4 Å². The van der Waals surface area contributed by atoms with Gasteiger partial charge in [-0.1, -0.05) is 57.0 Å². The van der Waals surface area contributed by atoms with Gasteiger partial charge in [0.2, 0.25) is 0 Å². The fraction of sp³-hybridized carbons (Fsp3) is 0.429. The van der Waals surface area contributed by atoms with E-state index in [1.54, 1.807) is 0 Å². The summed E-state index contributed by atoms with van der Waals surface area (Å²) < 4.78 is 1.92. The minimum absolute atomic E-state index is 0. The summed E-state index contributed by atoms with van der Waals surface area (Å²) in [5.41, 5.74) is 2.73. The van der Waals surface area contributed by atoms with Crippen molar-refractivity contribution in [2.24, 2.45) is 16.4 Å². The van der Waals surface area contributed by atoms with Crippen LogP contribution in [0.2, 0.25) is 0 Å². The Hall–Kier alpha value is -0.718. The second-order valence-electron chi connectivity index (χ2n) is 7.18. The molecule has 0 saturated heterocycles. The number of rotatable bonds is 5. The molecule has 0 radical (unpaired) electrons. The maximum atomic E-state index is 4.88. The molecule has 0 N–H and O–H groups in total. The van der Waals surface area contributed by atoms with Crippen molar-refractivity contribution in [3.63, 3.8) is 0 Å². The molecule has 2 nitrogen and oxygen atoms in total. The van der Waals surface area contributed by atoms with Gasteiger partial charge in [-0.2, -0.15) is 5.10 Å². The molecule has 3 rings (SSSR count). The zero-order chi connectivity index (χ0) is 18.1. The number of benzene rings is 1. The topological polar surface area (TPSA) is 17.3 Å². The van der Waals surface area contributed by atoms with Crippen LogP contribution in [0.15, 0.2) is 60.0 Å². The Morgan fingerprint density at radius 1 is 1.08 bits per heavy atom. The van der Waals surface area contributed by atoms with E-state index in [0.29, 0.717) is 5.41 Å². The molecule has 5 heteroatoms. The van der Waals surface area contributed by atoms with Crippen LogP contribution in [0.25, 0.3) is 0 Å². The van der Waals surface area contributed by atoms with Gasteiger partial charge in [-0.3, -0.25) is 0 Å². The Morgan fingerprint density at radius 2 is 1.62 bits per heavy atom.